The van der Waals surface area contributed by atoms with E-state index in [0.717, 1.165) is 18.4 Å². The van der Waals surface area contributed by atoms with E-state index >= 15 is 0 Å². The van der Waals surface area contributed by atoms with Crippen LogP contribution in [0.5, 0.6) is 5.75 Å². The van der Waals surface area contributed by atoms with Crippen LogP contribution in [0.1, 0.15) is 16.7 Å². The van der Waals surface area contributed by atoms with E-state index in [9.17, 15) is 4.79 Å². The van der Waals surface area contributed by atoms with E-state index in [2.05, 4.69) is 0 Å². The SMILES string of the molecule is Cc1ccc(OCC(=O)O)c2c1CC(N)C2. The molecule has 1 aliphatic carbocycles. The third kappa shape index (κ3) is 2.02. The van der Waals surface area contributed by atoms with Crippen LogP contribution in [0.2, 0.25) is 0 Å². The van der Waals surface area contributed by atoms with Gasteiger partial charge >= 0.3 is 5.97 Å². The van der Waals surface area contributed by atoms with Crippen LogP contribution in [0.4, 0.5) is 0 Å². The second-order valence-corrected chi connectivity index (χ2v) is 4.19. The number of aryl methyl sites for hydroxylation is 1. The molecule has 0 radical (unpaired) electrons. The van der Waals surface area contributed by atoms with Crippen molar-refractivity contribution in [2.45, 2.75) is 25.8 Å². The Morgan fingerprint density at radius 2 is 2.19 bits per heavy atom. The molecule has 1 aliphatic rings. The minimum Gasteiger partial charge on any atom is -0.482 e. The van der Waals surface area contributed by atoms with Gasteiger partial charge in [0.2, 0.25) is 0 Å². The van der Waals surface area contributed by atoms with Gasteiger partial charge in [-0.25, -0.2) is 4.79 Å². The number of fused-ring (bicyclic) bond motifs is 1. The predicted octanol–water partition coefficient (Wildman–Crippen LogP) is 0.884. The van der Waals surface area contributed by atoms with Crippen molar-refractivity contribution < 1.29 is 14.6 Å². The fourth-order valence-corrected chi connectivity index (χ4v) is 2.17. The molecule has 1 atom stereocenters. The summed E-state index contributed by atoms with van der Waals surface area (Å²) in [5.41, 5.74) is 9.40. The number of aliphatic carboxylic acids is 1. The number of nitrogens with two attached hydrogens (primary N) is 1. The Morgan fingerprint density at radius 3 is 2.88 bits per heavy atom. The third-order valence-corrected chi connectivity index (χ3v) is 2.91. The zero-order valence-electron chi connectivity index (χ0n) is 9.19. The summed E-state index contributed by atoms with van der Waals surface area (Å²) in [5, 5.41) is 8.58. The molecule has 0 amide bonds. The largest absolute Gasteiger partial charge is 0.482 e. The molecule has 4 heteroatoms. The lowest BCUT2D eigenvalue weighted by molar-refractivity contribution is -0.139. The summed E-state index contributed by atoms with van der Waals surface area (Å²) in [7, 11) is 0. The summed E-state index contributed by atoms with van der Waals surface area (Å²) in [4.78, 5) is 10.5. The van der Waals surface area contributed by atoms with E-state index in [4.69, 9.17) is 15.6 Å². The molecule has 2 rings (SSSR count). The summed E-state index contributed by atoms with van der Waals surface area (Å²) < 4.78 is 5.26. The van der Waals surface area contributed by atoms with Gasteiger partial charge in [0.15, 0.2) is 6.61 Å². The summed E-state index contributed by atoms with van der Waals surface area (Å²) >= 11 is 0. The molecular weight excluding hydrogens is 206 g/mol. The third-order valence-electron chi connectivity index (χ3n) is 2.91. The maximum Gasteiger partial charge on any atom is 0.341 e. The lowest BCUT2D eigenvalue weighted by Crippen LogP contribution is -2.19. The number of ether oxygens (including phenoxy) is 1. The van der Waals surface area contributed by atoms with Crippen molar-refractivity contribution in [3.05, 3.63) is 28.8 Å². The Morgan fingerprint density at radius 1 is 1.50 bits per heavy atom. The summed E-state index contributed by atoms with van der Waals surface area (Å²) in [6.07, 6.45) is 1.62. The average Bonchev–Trinajstić information content (AvgIpc) is 2.59. The highest BCUT2D eigenvalue weighted by Crippen LogP contribution is 2.32. The van der Waals surface area contributed by atoms with Gasteiger partial charge in [0, 0.05) is 6.04 Å². The van der Waals surface area contributed by atoms with Crippen molar-refractivity contribution >= 4 is 5.97 Å². The maximum absolute atomic E-state index is 10.5. The maximum atomic E-state index is 10.5. The average molecular weight is 221 g/mol. The van der Waals surface area contributed by atoms with Crippen LogP contribution in [0, 0.1) is 6.92 Å². The smallest absolute Gasteiger partial charge is 0.341 e. The highest BCUT2D eigenvalue weighted by Gasteiger charge is 2.23. The number of hydrogen-bond donors (Lipinski definition) is 2. The zero-order valence-corrected chi connectivity index (χ0v) is 9.19. The molecule has 86 valence electrons. The van der Waals surface area contributed by atoms with E-state index in [-0.39, 0.29) is 12.6 Å². The highest BCUT2D eigenvalue weighted by molar-refractivity contribution is 5.68. The number of hydrogen-bond acceptors (Lipinski definition) is 3. The van der Waals surface area contributed by atoms with Gasteiger partial charge in [-0.1, -0.05) is 6.07 Å². The second-order valence-electron chi connectivity index (χ2n) is 4.19. The first kappa shape index (κ1) is 11.0. The number of carboxylic acid groups (broad SMARTS) is 1. The van der Waals surface area contributed by atoms with Crippen molar-refractivity contribution in [2.24, 2.45) is 5.73 Å². The monoisotopic (exact) mass is 221 g/mol. The molecule has 16 heavy (non-hydrogen) atoms. The van der Waals surface area contributed by atoms with Crippen LogP contribution in [-0.2, 0) is 17.6 Å². The summed E-state index contributed by atoms with van der Waals surface area (Å²) in [6.45, 7) is 1.74. The molecular formula is C12H15NO3. The van der Waals surface area contributed by atoms with Crippen LogP contribution in [0.3, 0.4) is 0 Å². The Hall–Kier alpha value is -1.55. The number of benzene rings is 1. The molecule has 0 bridgehead atoms. The molecule has 4 nitrogen and oxygen atoms in total. The summed E-state index contributed by atoms with van der Waals surface area (Å²) in [6, 6.07) is 3.91. The molecule has 0 spiro atoms. The van der Waals surface area contributed by atoms with Crippen LogP contribution >= 0.6 is 0 Å². The molecule has 0 saturated heterocycles. The van der Waals surface area contributed by atoms with Gasteiger partial charge in [0.25, 0.3) is 0 Å². The first-order valence-electron chi connectivity index (χ1n) is 5.29. The van der Waals surface area contributed by atoms with E-state index in [1.54, 1.807) is 0 Å². The van der Waals surface area contributed by atoms with E-state index in [0.29, 0.717) is 5.75 Å². The Bertz CT molecular complexity index is 429. The van der Waals surface area contributed by atoms with Crippen molar-refractivity contribution in [2.75, 3.05) is 6.61 Å². The Kier molecular flexibility index (Phi) is 2.83. The predicted molar refractivity (Wildman–Crippen MR) is 59.7 cm³/mol. The lowest BCUT2D eigenvalue weighted by atomic mass is 10.0. The van der Waals surface area contributed by atoms with Gasteiger partial charge in [-0.2, -0.15) is 0 Å². The fourth-order valence-electron chi connectivity index (χ4n) is 2.17. The standard InChI is InChI=1S/C12H15NO3/c1-7-2-3-11(16-6-12(14)15)10-5-8(13)4-9(7)10/h2-3,8H,4-6,13H2,1H3,(H,14,15). The van der Waals surface area contributed by atoms with Gasteiger partial charge < -0.3 is 15.6 Å². The van der Waals surface area contributed by atoms with Gasteiger partial charge in [-0.3, -0.25) is 0 Å². The topological polar surface area (TPSA) is 72.5 Å². The molecule has 1 unspecified atom stereocenters. The quantitative estimate of drug-likeness (QED) is 0.794. The molecule has 0 aliphatic heterocycles. The zero-order chi connectivity index (χ0) is 11.7. The van der Waals surface area contributed by atoms with Crippen molar-refractivity contribution in [3.8, 4) is 5.75 Å². The Balaban J connectivity index is 2.27. The summed E-state index contributed by atoms with van der Waals surface area (Å²) in [5.74, 6) is -0.299. The van der Waals surface area contributed by atoms with Crippen LogP contribution in [0.15, 0.2) is 12.1 Å². The molecule has 0 saturated carbocycles. The number of rotatable bonds is 3. The molecule has 0 aromatic heterocycles. The van der Waals surface area contributed by atoms with Crippen molar-refractivity contribution in [3.63, 3.8) is 0 Å². The lowest BCUT2D eigenvalue weighted by Gasteiger charge is -2.10. The minimum atomic E-state index is -0.961. The van der Waals surface area contributed by atoms with Gasteiger partial charge in [0.05, 0.1) is 0 Å². The van der Waals surface area contributed by atoms with E-state index in [1.165, 1.54) is 11.1 Å². The fraction of sp³-hybridized carbons (Fsp3) is 0.417. The number of carboxylic acids is 1. The minimum absolute atomic E-state index is 0.128. The Labute approximate surface area is 94.0 Å². The normalized spacial score (nSPS) is 18.2. The first-order chi connectivity index (χ1) is 7.58. The number of carbonyl (C=O) groups is 1. The van der Waals surface area contributed by atoms with Crippen LogP contribution in [-0.4, -0.2) is 23.7 Å². The van der Waals surface area contributed by atoms with Crippen molar-refractivity contribution in [1.29, 1.82) is 0 Å². The van der Waals surface area contributed by atoms with Crippen molar-refractivity contribution in [1.82, 2.24) is 0 Å². The van der Waals surface area contributed by atoms with Crippen LogP contribution in [0.25, 0.3) is 0 Å². The molecule has 0 heterocycles. The first-order valence-corrected chi connectivity index (χ1v) is 5.29. The van der Waals surface area contributed by atoms with Crippen LogP contribution < -0.4 is 10.5 Å². The molecule has 1 aromatic carbocycles. The van der Waals surface area contributed by atoms with E-state index in [1.807, 2.05) is 19.1 Å². The highest BCUT2D eigenvalue weighted by atomic mass is 16.5. The molecule has 3 N–H and O–H groups in total. The molecule has 0 fully saturated rings. The van der Waals surface area contributed by atoms with Gasteiger partial charge in [-0.05, 0) is 42.5 Å². The van der Waals surface area contributed by atoms with Gasteiger partial charge in [-0.15, -0.1) is 0 Å². The molecule has 1 aromatic rings. The van der Waals surface area contributed by atoms with E-state index < -0.39 is 5.97 Å². The second kappa shape index (κ2) is 4.14. The van der Waals surface area contributed by atoms with Gasteiger partial charge in [0.1, 0.15) is 5.75 Å².